The van der Waals surface area contributed by atoms with Gasteiger partial charge in [0.2, 0.25) is 0 Å². The van der Waals surface area contributed by atoms with Crippen LogP contribution in [0.4, 0.5) is 4.39 Å². The summed E-state index contributed by atoms with van der Waals surface area (Å²) < 4.78 is 14.7. The van der Waals surface area contributed by atoms with Crippen molar-refractivity contribution in [1.29, 1.82) is 0 Å². The smallest absolute Gasteiger partial charge is 0.255 e. The summed E-state index contributed by atoms with van der Waals surface area (Å²) in [5, 5.41) is 0. The van der Waals surface area contributed by atoms with Crippen LogP contribution in [0.1, 0.15) is 38.3 Å². The van der Waals surface area contributed by atoms with Crippen molar-refractivity contribution in [2.45, 2.75) is 38.8 Å². The van der Waals surface area contributed by atoms with Crippen LogP contribution in [-0.2, 0) is 7.05 Å². The normalized spacial score (nSPS) is 21.4. The summed E-state index contributed by atoms with van der Waals surface area (Å²) in [5.74, 6) is -0.335. The molecule has 0 spiro atoms. The molecule has 0 aliphatic carbocycles. The zero-order valence-corrected chi connectivity index (χ0v) is 10.6. The second-order valence-electron chi connectivity index (χ2n) is 5.02. The van der Waals surface area contributed by atoms with Crippen LogP contribution in [0.25, 0.3) is 0 Å². The Morgan fingerprint density at radius 3 is 2.82 bits per heavy atom. The number of rotatable bonds is 2. The number of pyridine rings is 1. The van der Waals surface area contributed by atoms with Crippen LogP contribution < -0.4 is 5.56 Å². The lowest BCUT2D eigenvalue weighted by atomic mass is 10.1. The van der Waals surface area contributed by atoms with Gasteiger partial charge < -0.3 is 4.57 Å². The lowest BCUT2D eigenvalue weighted by Crippen LogP contribution is -2.34. The molecule has 0 saturated carbocycles. The number of hydrogen-bond donors (Lipinski definition) is 0. The molecule has 94 valence electrons. The first-order valence-electron chi connectivity index (χ1n) is 6.12. The van der Waals surface area contributed by atoms with Crippen molar-refractivity contribution in [3.8, 4) is 0 Å². The van der Waals surface area contributed by atoms with E-state index in [2.05, 4.69) is 18.7 Å². The maximum absolute atomic E-state index is 13.4. The van der Waals surface area contributed by atoms with Gasteiger partial charge in [-0.05, 0) is 39.3 Å². The van der Waals surface area contributed by atoms with Gasteiger partial charge in [0.1, 0.15) is 5.82 Å². The van der Waals surface area contributed by atoms with E-state index in [0.717, 1.165) is 19.4 Å². The van der Waals surface area contributed by atoms with Gasteiger partial charge in [0.15, 0.2) is 0 Å². The van der Waals surface area contributed by atoms with Crippen molar-refractivity contribution in [3.63, 3.8) is 0 Å². The molecule has 1 fully saturated rings. The van der Waals surface area contributed by atoms with Crippen molar-refractivity contribution in [2.75, 3.05) is 6.54 Å². The van der Waals surface area contributed by atoms with E-state index in [9.17, 15) is 9.18 Å². The van der Waals surface area contributed by atoms with Gasteiger partial charge in [0.05, 0.1) is 0 Å². The highest BCUT2D eigenvalue weighted by molar-refractivity contribution is 5.18. The molecular weight excluding hydrogens is 219 g/mol. The Balaban J connectivity index is 2.43. The minimum Gasteiger partial charge on any atom is -0.315 e. The molecule has 2 heterocycles. The Morgan fingerprint density at radius 1 is 1.47 bits per heavy atom. The number of halogens is 1. The Kier molecular flexibility index (Phi) is 3.33. The Morgan fingerprint density at radius 2 is 2.18 bits per heavy atom. The molecule has 0 amide bonds. The first-order chi connectivity index (χ1) is 8.00. The van der Waals surface area contributed by atoms with Crippen molar-refractivity contribution in [1.82, 2.24) is 9.47 Å². The lowest BCUT2D eigenvalue weighted by molar-refractivity contribution is 0.203. The Bertz CT molecular complexity index is 467. The van der Waals surface area contributed by atoms with Crippen molar-refractivity contribution < 1.29 is 4.39 Å². The summed E-state index contributed by atoms with van der Waals surface area (Å²) in [5.41, 5.74) is 0.516. The predicted octanol–water partition coefficient (Wildman–Crippen LogP) is 2.07. The summed E-state index contributed by atoms with van der Waals surface area (Å²) >= 11 is 0. The molecule has 1 atom stereocenters. The highest BCUT2D eigenvalue weighted by atomic mass is 19.1. The molecule has 0 bridgehead atoms. The first kappa shape index (κ1) is 12.3. The Hall–Kier alpha value is -1.16. The molecule has 17 heavy (non-hydrogen) atoms. The van der Waals surface area contributed by atoms with Crippen LogP contribution in [0.2, 0.25) is 0 Å². The Labute approximate surface area is 101 Å². The van der Waals surface area contributed by atoms with Crippen LogP contribution in [0.5, 0.6) is 0 Å². The molecule has 1 aromatic heterocycles. The number of nitrogens with zero attached hydrogens (tertiary/aromatic N) is 2. The molecule has 0 N–H and O–H groups in total. The molecule has 1 aliphatic heterocycles. The summed E-state index contributed by atoms with van der Waals surface area (Å²) in [7, 11) is 1.60. The molecule has 4 heteroatoms. The zero-order valence-electron chi connectivity index (χ0n) is 10.6. The third kappa shape index (κ3) is 2.27. The summed E-state index contributed by atoms with van der Waals surface area (Å²) in [6.07, 6.45) is 3.25. The number of aryl methyl sites for hydroxylation is 1. The fraction of sp³-hybridized carbons (Fsp3) is 0.615. The standard InChI is InChI=1S/C13H19FN2O/c1-9(2)16-6-4-5-12(16)11-7-10(14)8-15(3)13(11)17/h7-9,12H,4-6H2,1-3H3. The maximum atomic E-state index is 13.4. The largest absolute Gasteiger partial charge is 0.315 e. The fourth-order valence-corrected chi connectivity index (χ4v) is 2.67. The second kappa shape index (κ2) is 4.61. The topological polar surface area (TPSA) is 25.2 Å². The van der Waals surface area contributed by atoms with Crippen LogP contribution >= 0.6 is 0 Å². The maximum Gasteiger partial charge on any atom is 0.255 e. The van der Waals surface area contributed by atoms with E-state index in [4.69, 9.17) is 0 Å². The molecule has 2 rings (SSSR count). The third-order valence-corrected chi connectivity index (χ3v) is 3.49. The second-order valence-corrected chi connectivity index (χ2v) is 5.02. The summed E-state index contributed by atoms with van der Waals surface area (Å²) in [6, 6.07) is 1.85. The van der Waals surface area contributed by atoms with E-state index >= 15 is 0 Å². The fourth-order valence-electron chi connectivity index (χ4n) is 2.67. The van der Waals surface area contributed by atoms with Crippen LogP contribution in [-0.4, -0.2) is 22.1 Å². The van der Waals surface area contributed by atoms with Crippen molar-refractivity contribution in [2.24, 2.45) is 7.05 Å². The minimum atomic E-state index is -0.335. The van der Waals surface area contributed by atoms with Gasteiger partial charge in [0.25, 0.3) is 5.56 Å². The quantitative estimate of drug-likeness (QED) is 0.788. The van der Waals surface area contributed by atoms with Crippen molar-refractivity contribution >= 4 is 0 Å². The SMILES string of the molecule is CC(C)N1CCCC1c1cc(F)cn(C)c1=O. The van der Waals surface area contributed by atoms with E-state index < -0.39 is 0 Å². The average Bonchev–Trinajstić information content (AvgIpc) is 2.72. The van der Waals surface area contributed by atoms with Gasteiger partial charge in [0, 0.05) is 30.9 Å². The highest BCUT2D eigenvalue weighted by Gasteiger charge is 2.30. The van der Waals surface area contributed by atoms with E-state index in [1.54, 1.807) is 7.05 Å². The zero-order chi connectivity index (χ0) is 12.6. The highest BCUT2D eigenvalue weighted by Crippen LogP contribution is 2.31. The van der Waals surface area contributed by atoms with Gasteiger partial charge in [-0.3, -0.25) is 9.69 Å². The monoisotopic (exact) mass is 238 g/mol. The lowest BCUT2D eigenvalue weighted by Gasteiger charge is -2.28. The third-order valence-electron chi connectivity index (χ3n) is 3.49. The molecule has 1 saturated heterocycles. The summed E-state index contributed by atoms with van der Waals surface area (Å²) in [6.45, 7) is 5.21. The molecule has 1 aromatic rings. The van der Waals surface area contributed by atoms with E-state index in [1.807, 2.05) is 0 Å². The van der Waals surface area contributed by atoms with E-state index in [0.29, 0.717) is 11.6 Å². The van der Waals surface area contributed by atoms with Crippen LogP contribution in [0.3, 0.4) is 0 Å². The minimum absolute atomic E-state index is 0.0735. The molecule has 3 nitrogen and oxygen atoms in total. The number of hydrogen-bond acceptors (Lipinski definition) is 2. The van der Waals surface area contributed by atoms with Crippen LogP contribution in [0.15, 0.2) is 17.1 Å². The molecule has 1 aliphatic rings. The van der Waals surface area contributed by atoms with Gasteiger partial charge in [-0.2, -0.15) is 0 Å². The molecule has 0 radical (unpaired) electrons. The van der Waals surface area contributed by atoms with Gasteiger partial charge in [-0.1, -0.05) is 0 Å². The van der Waals surface area contributed by atoms with E-state index in [1.165, 1.54) is 16.8 Å². The predicted molar refractivity (Wildman–Crippen MR) is 65.5 cm³/mol. The number of likely N-dealkylation sites (tertiary alicyclic amines) is 1. The number of aromatic nitrogens is 1. The van der Waals surface area contributed by atoms with E-state index in [-0.39, 0.29) is 17.4 Å². The molecular formula is C13H19FN2O. The van der Waals surface area contributed by atoms with Gasteiger partial charge in [-0.15, -0.1) is 0 Å². The van der Waals surface area contributed by atoms with Gasteiger partial charge in [-0.25, -0.2) is 4.39 Å². The molecule has 1 unspecified atom stereocenters. The van der Waals surface area contributed by atoms with Crippen molar-refractivity contribution in [3.05, 3.63) is 34.0 Å². The average molecular weight is 238 g/mol. The molecule has 0 aromatic carbocycles. The first-order valence-corrected chi connectivity index (χ1v) is 6.12. The van der Waals surface area contributed by atoms with Crippen LogP contribution in [0, 0.1) is 5.82 Å². The van der Waals surface area contributed by atoms with Gasteiger partial charge >= 0.3 is 0 Å². The summed E-state index contributed by atoms with van der Waals surface area (Å²) in [4.78, 5) is 14.3.